The third kappa shape index (κ3) is 4.10. The molecule has 2 aromatic carbocycles. The zero-order chi connectivity index (χ0) is 21.8. The first-order valence-electron chi connectivity index (χ1n) is 9.11. The molecule has 11 heteroatoms. The molecule has 0 fully saturated rings. The molecule has 1 amide bonds. The molecular weight excluding hydrogens is 402 g/mol. The van der Waals surface area contributed by atoms with Crippen LogP contribution in [0.15, 0.2) is 58.3 Å². The molecule has 0 atom stereocenters. The third-order valence-electron chi connectivity index (χ3n) is 4.42. The van der Waals surface area contributed by atoms with Gasteiger partial charge in [-0.2, -0.15) is 5.10 Å². The maximum absolute atomic E-state index is 12.5. The number of para-hydroxylation sites is 2. The number of carbonyl (C=O) groups excluding carboxylic acids is 2. The lowest BCUT2D eigenvalue weighted by Crippen LogP contribution is -2.23. The fourth-order valence-electron chi connectivity index (χ4n) is 2.95. The normalized spacial score (nSPS) is 11.1. The van der Waals surface area contributed by atoms with Crippen LogP contribution in [-0.4, -0.2) is 45.1 Å². The number of hydrogen-bond donors (Lipinski definition) is 2. The van der Waals surface area contributed by atoms with Gasteiger partial charge in [-0.05, 0) is 40.1 Å². The van der Waals surface area contributed by atoms with Crippen molar-refractivity contribution in [1.82, 2.24) is 25.3 Å². The summed E-state index contributed by atoms with van der Waals surface area (Å²) in [4.78, 5) is 28.5. The highest BCUT2D eigenvalue weighted by atomic mass is 16.6. The topological polar surface area (TPSA) is 151 Å². The highest BCUT2D eigenvalue weighted by molar-refractivity contribution is 5.91. The smallest absolute Gasteiger partial charge is 0.337 e. The summed E-state index contributed by atoms with van der Waals surface area (Å²) < 4.78 is 11.0. The van der Waals surface area contributed by atoms with Gasteiger partial charge in [-0.3, -0.25) is 4.79 Å². The number of aromatic nitrogens is 4. The largest absolute Gasteiger partial charge is 0.465 e. The van der Waals surface area contributed by atoms with Gasteiger partial charge in [0.1, 0.15) is 6.54 Å². The van der Waals surface area contributed by atoms with E-state index in [9.17, 15) is 9.59 Å². The van der Waals surface area contributed by atoms with Crippen LogP contribution in [0.3, 0.4) is 0 Å². The summed E-state index contributed by atoms with van der Waals surface area (Å²) in [6.07, 6.45) is 1.46. The minimum atomic E-state index is -0.428. The van der Waals surface area contributed by atoms with Crippen molar-refractivity contribution in [3.05, 3.63) is 59.7 Å². The average molecular weight is 419 g/mol. The van der Waals surface area contributed by atoms with Crippen molar-refractivity contribution in [2.24, 2.45) is 5.10 Å². The van der Waals surface area contributed by atoms with E-state index in [2.05, 4.69) is 35.2 Å². The van der Waals surface area contributed by atoms with Gasteiger partial charge in [0.2, 0.25) is 0 Å². The SMILES string of the molecule is COC(=O)c1ccc(/C=N\NC(=O)Cn2c(-c3nonc3N)nc3ccccc32)cc1. The van der Waals surface area contributed by atoms with Gasteiger partial charge in [0, 0.05) is 0 Å². The fourth-order valence-corrected chi connectivity index (χ4v) is 2.95. The van der Waals surface area contributed by atoms with E-state index >= 15 is 0 Å². The first kappa shape index (κ1) is 19.8. The lowest BCUT2D eigenvalue weighted by molar-refractivity contribution is -0.121. The molecule has 0 radical (unpaired) electrons. The molecule has 11 nitrogen and oxygen atoms in total. The number of imidazole rings is 1. The van der Waals surface area contributed by atoms with E-state index < -0.39 is 5.97 Å². The molecule has 0 aliphatic rings. The molecular formula is C20H17N7O4. The van der Waals surface area contributed by atoms with Gasteiger partial charge in [-0.1, -0.05) is 24.3 Å². The van der Waals surface area contributed by atoms with Crippen LogP contribution < -0.4 is 11.2 Å². The number of carbonyl (C=O) groups is 2. The molecule has 0 aliphatic carbocycles. The standard InChI is InChI=1S/C20H17N7O4/c1-30-20(29)13-8-6-12(7-9-13)10-22-24-16(28)11-27-15-5-3-2-4-14(15)23-19(27)17-18(21)26-31-25-17/h2-10H,11H2,1H3,(H2,21,26)(H,24,28)/b22-10-. The van der Waals surface area contributed by atoms with E-state index in [0.717, 1.165) is 5.52 Å². The van der Waals surface area contributed by atoms with Crippen LogP contribution in [0.5, 0.6) is 0 Å². The van der Waals surface area contributed by atoms with E-state index in [0.29, 0.717) is 22.5 Å². The van der Waals surface area contributed by atoms with Gasteiger partial charge >= 0.3 is 5.97 Å². The Morgan fingerprint density at radius 3 is 2.68 bits per heavy atom. The lowest BCUT2D eigenvalue weighted by atomic mass is 10.1. The Balaban J connectivity index is 1.50. The molecule has 4 aromatic rings. The number of hydrazone groups is 1. The number of fused-ring (bicyclic) bond motifs is 1. The molecule has 0 saturated carbocycles. The summed E-state index contributed by atoms with van der Waals surface area (Å²) in [5.41, 5.74) is 11.0. The highest BCUT2D eigenvalue weighted by Gasteiger charge is 2.20. The van der Waals surface area contributed by atoms with E-state index in [1.165, 1.54) is 13.3 Å². The van der Waals surface area contributed by atoms with Crippen LogP contribution in [0.2, 0.25) is 0 Å². The Labute approximate surface area is 175 Å². The summed E-state index contributed by atoms with van der Waals surface area (Å²) in [5, 5.41) is 11.3. The number of esters is 1. The van der Waals surface area contributed by atoms with Crippen LogP contribution in [-0.2, 0) is 16.1 Å². The summed E-state index contributed by atoms with van der Waals surface area (Å²) in [5.74, 6) is -0.382. The number of methoxy groups -OCH3 is 1. The minimum Gasteiger partial charge on any atom is -0.465 e. The van der Waals surface area contributed by atoms with Crippen LogP contribution in [0.1, 0.15) is 15.9 Å². The summed E-state index contributed by atoms with van der Waals surface area (Å²) in [6.45, 7) is -0.0826. The van der Waals surface area contributed by atoms with Crippen molar-refractivity contribution in [3.8, 4) is 11.5 Å². The number of benzene rings is 2. The zero-order valence-corrected chi connectivity index (χ0v) is 16.3. The van der Waals surface area contributed by atoms with Crippen molar-refractivity contribution in [3.63, 3.8) is 0 Å². The molecule has 2 heterocycles. The van der Waals surface area contributed by atoms with Gasteiger partial charge in [0.15, 0.2) is 17.3 Å². The van der Waals surface area contributed by atoms with E-state index in [1.807, 2.05) is 24.3 Å². The van der Waals surface area contributed by atoms with Gasteiger partial charge in [0.05, 0.1) is 29.9 Å². The van der Waals surface area contributed by atoms with Gasteiger partial charge in [-0.15, -0.1) is 0 Å². The average Bonchev–Trinajstić information content (AvgIpc) is 3.37. The van der Waals surface area contributed by atoms with Gasteiger partial charge in [-0.25, -0.2) is 19.8 Å². The van der Waals surface area contributed by atoms with Crippen molar-refractivity contribution in [2.45, 2.75) is 6.54 Å². The predicted octanol–water partition coefficient (Wildman–Crippen LogP) is 1.61. The van der Waals surface area contributed by atoms with Crippen molar-refractivity contribution < 1.29 is 19.0 Å². The zero-order valence-electron chi connectivity index (χ0n) is 16.3. The number of amides is 1. The second-order valence-electron chi connectivity index (χ2n) is 6.42. The van der Waals surface area contributed by atoms with Gasteiger partial charge in [0.25, 0.3) is 5.91 Å². The Hall–Kier alpha value is -4.54. The number of rotatable bonds is 6. The molecule has 0 bridgehead atoms. The maximum Gasteiger partial charge on any atom is 0.337 e. The molecule has 4 rings (SSSR count). The Bertz CT molecular complexity index is 1270. The Morgan fingerprint density at radius 1 is 1.19 bits per heavy atom. The van der Waals surface area contributed by atoms with E-state index in [4.69, 9.17) is 5.73 Å². The van der Waals surface area contributed by atoms with Crippen LogP contribution in [0.25, 0.3) is 22.6 Å². The number of nitrogens with one attached hydrogen (secondary N) is 1. The molecule has 2 aromatic heterocycles. The number of nitrogens with zero attached hydrogens (tertiary/aromatic N) is 5. The number of nitrogens with two attached hydrogens (primary N) is 1. The van der Waals surface area contributed by atoms with Crippen LogP contribution >= 0.6 is 0 Å². The summed E-state index contributed by atoms with van der Waals surface area (Å²) in [7, 11) is 1.32. The lowest BCUT2D eigenvalue weighted by Gasteiger charge is -2.06. The molecule has 0 saturated heterocycles. The van der Waals surface area contributed by atoms with Crippen LogP contribution in [0.4, 0.5) is 5.82 Å². The molecule has 0 unspecified atom stereocenters. The predicted molar refractivity (Wildman–Crippen MR) is 111 cm³/mol. The molecule has 156 valence electrons. The van der Waals surface area contributed by atoms with E-state index in [1.54, 1.807) is 28.8 Å². The van der Waals surface area contributed by atoms with Crippen molar-refractivity contribution >= 4 is 34.9 Å². The summed E-state index contributed by atoms with van der Waals surface area (Å²) >= 11 is 0. The second-order valence-corrected chi connectivity index (χ2v) is 6.42. The second kappa shape index (κ2) is 8.45. The number of anilines is 1. The first-order chi connectivity index (χ1) is 15.1. The third-order valence-corrected chi connectivity index (χ3v) is 4.42. The summed E-state index contributed by atoms with van der Waals surface area (Å²) in [6, 6.07) is 13.9. The number of nitrogen functional groups attached to an aromatic ring is 1. The molecule has 0 spiro atoms. The number of hydrogen-bond acceptors (Lipinski definition) is 9. The maximum atomic E-state index is 12.5. The molecule has 0 aliphatic heterocycles. The fraction of sp³-hybridized carbons (Fsp3) is 0.100. The van der Waals surface area contributed by atoms with Gasteiger partial charge < -0.3 is 15.0 Å². The minimum absolute atomic E-state index is 0.0744. The quantitative estimate of drug-likeness (QED) is 0.272. The number of ether oxygens (including phenoxy) is 1. The molecule has 3 N–H and O–H groups in total. The monoisotopic (exact) mass is 419 g/mol. The van der Waals surface area contributed by atoms with Crippen molar-refractivity contribution in [2.75, 3.05) is 12.8 Å². The first-order valence-corrected chi connectivity index (χ1v) is 9.11. The highest BCUT2D eigenvalue weighted by Crippen LogP contribution is 2.26. The molecule has 31 heavy (non-hydrogen) atoms. The van der Waals surface area contributed by atoms with Crippen LogP contribution in [0, 0.1) is 0 Å². The Kier molecular flexibility index (Phi) is 5.39. The Morgan fingerprint density at radius 2 is 1.97 bits per heavy atom. The van der Waals surface area contributed by atoms with E-state index in [-0.39, 0.29) is 24.0 Å². The van der Waals surface area contributed by atoms with Crippen molar-refractivity contribution in [1.29, 1.82) is 0 Å².